The van der Waals surface area contributed by atoms with Gasteiger partial charge in [-0.15, -0.1) is 19.0 Å². The highest BCUT2D eigenvalue weighted by molar-refractivity contribution is 5.85. The van der Waals surface area contributed by atoms with Crippen molar-refractivity contribution in [2.24, 2.45) is 11.7 Å². The van der Waals surface area contributed by atoms with E-state index in [4.69, 9.17) is 5.73 Å². The van der Waals surface area contributed by atoms with Crippen molar-refractivity contribution in [2.45, 2.75) is 45.6 Å². The Balaban J connectivity index is 0. The molecule has 102 valence electrons. The summed E-state index contributed by atoms with van der Waals surface area (Å²) in [7, 11) is 1.83. The number of carbonyl (C=O) groups is 1. The van der Waals surface area contributed by atoms with Crippen LogP contribution in [0.25, 0.3) is 0 Å². The Bertz CT molecular complexity index is 219. The molecule has 0 unspecified atom stereocenters. The highest BCUT2D eigenvalue weighted by Gasteiger charge is 2.20. The first-order chi connectivity index (χ1) is 7.50. The molecule has 4 heteroatoms. The molecule has 0 saturated heterocycles. The van der Waals surface area contributed by atoms with E-state index in [9.17, 15) is 4.79 Å². The summed E-state index contributed by atoms with van der Waals surface area (Å²) in [5.41, 5.74) is 5.81. The van der Waals surface area contributed by atoms with Crippen LogP contribution < -0.4 is 5.73 Å². The zero-order chi connectivity index (χ0) is 12.6. The highest BCUT2D eigenvalue weighted by Crippen LogP contribution is 2.05. The van der Waals surface area contributed by atoms with Crippen LogP contribution in [-0.4, -0.2) is 30.4 Å². The van der Waals surface area contributed by atoms with E-state index in [1.165, 1.54) is 0 Å². The molecule has 0 aromatic heterocycles. The van der Waals surface area contributed by atoms with Crippen molar-refractivity contribution in [3.05, 3.63) is 12.7 Å². The van der Waals surface area contributed by atoms with Crippen molar-refractivity contribution in [1.29, 1.82) is 0 Å². The van der Waals surface area contributed by atoms with Gasteiger partial charge >= 0.3 is 0 Å². The molecule has 0 bridgehead atoms. The number of allylic oxidation sites excluding steroid dienone is 1. The largest absolute Gasteiger partial charge is 0.344 e. The molecule has 3 nitrogen and oxygen atoms in total. The Morgan fingerprint density at radius 2 is 1.94 bits per heavy atom. The minimum atomic E-state index is -0.363. The molecular formula is C13H27ClN2O. The molecule has 0 aromatic rings. The third-order valence-corrected chi connectivity index (χ3v) is 2.78. The molecule has 0 aliphatic carbocycles. The van der Waals surface area contributed by atoms with Gasteiger partial charge in [0.2, 0.25) is 5.91 Å². The number of unbranched alkanes of at least 4 members (excludes halogenated alkanes) is 3. The molecule has 2 N–H and O–H groups in total. The first-order valence-corrected chi connectivity index (χ1v) is 6.12. The van der Waals surface area contributed by atoms with E-state index < -0.39 is 0 Å². The van der Waals surface area contributed by atoms with Gasteiger partial charge in [-0.05, 0) is 25.2 Å². The normalized spacial score (nSPS) is 11.8. The number of hydrogen-bond acceptors (Lipinski definition) is 2. The van der Waals surface area contributed by atoms with Crippen molar-refractivity contribution < 1.29 is 4.79 Å². The minimum absolute atomic E-state index is 0. The van der Waals surface area contributed by atoms with Crippen molar-refractivity contribution in [2.75, 3.05) is 13.6 Å². The van der Waals surface area contributed by atoms with Gasteiger partial charge < -0.3 is 10.6 Å². The fraction of sp³-hybridized carbons (Fsp3) is 0.769. The van der Waals surface area contributed by atoms with E-state index in [0.717, 1.165) is 32.2 Å². The van der Waals surface area contributed by atoms with Crippen molar-refractivity contribution >= 4 is 18.3 Å². The van der Waals surface area contributed by atoms with Crippen LogP contribution in [-0.2, 0) is 4.79 Å². The van der Waals surface area contributed by atoms with E-state index in [2.05, 4.69) is 6.58 Å². The van der Waals surface area contributed by atoms with Gasteiger partial charge in [0.05, 0.1) is 6.04 Å². The number of rotatable bonds is 8. The fourth-order valence-electron chi connectivity index (χ4n) is 1.46. The molecular weight excluding hydrogens is 236 g/mol. The average Bonchev–Trinajstić information content (AvgIpc) is 2.26. The lowest BCUT2D eigenvalue weighted by molar-refractivity contribution is -0.132. The van der Waals surface area contributed by atoms with Gasteiger partial charge in [-0.3, -0.25) is 4.79 Å². The SMILES string of the molecule is C=CCCCCCN(C)C(=O)[C@@H](N)C(C)C.Cl. The molecule has 0 aromatic carbocycles. The summed E-state index contributed by atoms with van der Waals surface area (Å²) in [5, 5.41) is 0. The first kappa shape index (κ1) is 18.8. The molecule has 0 heterocycles. The van der Waals surface area contributed by atoms with Gasteiger partial charge in [-0.1, -0.05) is 26.3 Å². The molecule has 0 rings (SSSR count). The smallest absolute Gasteiger partial charge is 0.239 e. The maximum Gasteiger partial charge on any atom is 0.239 e. The summed E-state index contributed by atoms with van der Waals surface area (Å²) in [4.78, 5) is 13.5. The number of nitrogens with zero attached hydrogens (tertiary/aromatic N) is 1. The van der Waals surface area contributed by atoms with E-state index in [1.54, 1.807) is 4.90 Å². The van der Waals surface area contributed by atoms with Crippen molar-refractivity contribution in [3.63, 3.8) is 0 Å². The number of nitrogens with two attached hydrogens (primary N) is 1. The Kier molecular flexibility index (Phi) is 11.7. The van der Waals surface area contributed by atoms with Crippen LogP contribution in [0.5, 0.6) is 0 Å². The molecule has 0 aliphatic rings. The van der Waals surface area contributed by atoms with Crippen LogP contribution in [0.3, 0.4) is 0 Å². The average molecular weight is 263 g/mol. The summed E-state index contributed by atoms with van der Waals surface area (Å²) in [5.74, 6) is 0.259. The second-order valence-corrected chi connectivity index (χ2v) is 4.67. The summed E-state index contributed by atoms with van der Waals surface area (Å²) in [6.45, 7) is 8.43. The molecule has 0 fully saturated rings. The fourth-order valence-corrected chi connectivity index (χ4v) is 1.46. The van der Waals surface area contributed by atoms with Crippen LogP contribution in [0, 0.1) is 5.92 Å². The maximum atomic E-state index is 11.8. The zero-order valence-electron chi connectivity index (χ0n) is 11.3. The number of amides is 1. The molecule has 17 heavy (non-hydrogen) atoms. The molecule has 1 atom stereocenters. The predicted octanol–water partition coefficient (Wildman–Crippen LogP) is 2.60. The molecule has 0 aliphatic heterocycles. The Morgan fingerprint density at radius 3 is 2.41 bits per heavy atom. The predicted molar refractivity (Wildman–Crippen MR) is 76.4 cm³/mol. The summed E-state index contributed by atoms with van der Waals surface area (Å²) >= 11 is 0. The van der Waals surface area contributed by atoms with Crippen LogP contribution in [0.4, 0.5) is 0 Å². The lowest BCUT2D eigenvalue weighted by atomic mass is 10.0. The number of halogens is 1. The highest BCUT2D eigenvalue weighted by atomic mass is 35.5. The van der Waals surface area contributed by atoms with Crippen molar-refractivity contribution in [3.8, 4) is 0 Å². The molecule has 1 amide bonds. The van der Waals surface area contributed by atoms with Gasteiger partial charge in [-0.2, -0.15) is 0 Å². The molecule has 0 radical (unpaired) electrons. The maximum absolute atomic E-state index is 11.8. The first-order valence-electron chi connectivity index (χ1n) is 6.12. The Labute approximate surface area is 112 Å². The second kappa shape index (κ2) is 10.6. The van der Waals surface area contributed by atoms with E-state index in [1.807, 2.05) is 27.0 Å². The van der Waals surface area contributed by atoms with Gasteiger partial charge in [0.1, 0.15) is 0 Å². The third-order valence-electron chi connectivity index (χ3n) is 2.78. The van der Waals surface area contributed by atoms with Crippen LogP contribution in [0.1, 0.15) is 39.5 Å². The monoisotopic (exact) mass is 262 g/mol. The van der Waals surface area contributed by atoms with E-state index in [-0.39, 0.29) is 30.3 Å². The quantitative estimate of drug-likeness (QED) is 0.540. The lowest BCUT2D eigenvalue weighted by Gasteiger charge is -2.23. The van der Waals surface area contributed by atoms with Gasteiger partial charge in [0.25, 0.3) is 0 Å². The lowest BCUT2D eigenvalue weighted by Crippen LogP contribution is -2.45. The van der Waals surface area contributed by atoms with Crippen LogP contribution in [0.2, 0.25) is 0 Å². The minimum Gasteiger partial charge on any atom is -0.344 e. The summed E-state index contributed by atoms with van der Waals surface area (Å²) in [6, 6.07) is -0.363. The van der Waals surface area contributed by atoms with Crippen molar-refractivity contribution in [1.82, 2.24) is 4.90 Å². The third kappa shape index (κ3) is 8.22. The number of hydrogen-bond donors (Lipinski definition) is 1. The zero-order valence-corrected chi connectivity index (χ0v) is 12.1. The van der Waals surface area contributed by atoms with E-state index in [0.29, 0.717) is 0 Å². The standard InChI is InChI=1S/C13H26N2O.ClH/c1-5-6-7-8-9-10-15(4)13(16)12(14)11(2)3;/h5,11-12H,1,6-10,14H2,2-4H3;1H/t12-;/m0./s1. The summed E-state index contributed by atoms with van der Waals surface area (Å²) in [6.07, 6.45) is 6.33. The topological polar surface area (TPSA) is 46.3 Å². The van der Waals surface area contributed by atoms with Gasteiger partial charge in [-0.25, -0.2) is 0 Å². The van der Waals surface area contributed by atoms with Gasteiger partial charge in [0, 0.05) is 13.6 Å². The molecule has 0 saturated carbocycles. The summed E-state index contributed by atoms with van der Waals surface area (Å²) < 4.78 is 0. The van der Waals surface area contributed by atoms with Crippen LogP contribution >= 0.6 is 12.4 Å². The van der Waals surface area contributed by atoms with Gasteiger partial charge in [0.15, 0.2) is 0 Å². The second-order valence-electron chi connectivity index (χ2n) is 4.67. The molecule has 0 spiro atoms. The number of carbonyl (C=O) groups excluding carboxylic acids is 1. The Hall–Kier alpha value is -0.540. The van der Waals surface area contributed by atoms with E-state index >= 15 is 0 Å². The van der Waals surface area contributed by atoms with Crippen LogP contribution in [0.15, 0.2) is 12.7 Å². The Morgan fingerprint density at radius 1 is 1.35 bits per heavy atom. The number of likely N-dealkylation sites (N-methyl/N-ethyl adjacent to an activating group) is 1.